The van der Waals surface area contributed by atoms with E-state index in [4.69, 9.17) is 11.6 Å². The van der Waals surface area contributed by atoms with Crippen LogP contribution in [0.1, 0.15) is 6.92 Å². The molecule has 0 N–H and O–H groups in total. The third-order valence-corrected chi connectivity index (χ3v) is 6.01. The molecule has 0 aromatic rings. The number of hydrogen-bond acceptors (Lipinski definition) is 2. The van der Waals surface area contributed by atoms with Crippen LogP contribution in [0.25, 0.3) is 0 Å². The van der Waals surface area contributed by atoms with Gasteiger partial charge in [-0.15, -0.1) is 0 Å². The lowest BCUT2D eigenvalue weighted by atomic mass is 9.46. The van der Waals surface area contributed by atoms with Crippen LogP contribution < -0.4 is 0 Å². The molecule has 3 fully saturated rings. The predicted octanol–water partition coefficient (Wildman–Crippen LogP) is 4.66. The van der Waals surface area contributed by atoms with Crippen LogP contribution in [0.5, 0.6) is 0 Å². The molecule has 24 heavy (non-hydrogen) atoms. The average molecular weight is 385 g/mol. The molecule has 0 radical (unpaired) electrons. The van der Waals surface area contributed by atoms with Gasteiger partial charge in [0.15, 0.2) is 0 Å². The van der Waals surface area contributed by atoms with E-state index < -0.39 is 64.5 Å². The van der Waals surface area contributed by atoms with Crippen molar-refractivity contribution in [1.29, 1.82) is 0 Å². The number of allylic oxidation sites excluding steroid dienone is 2. The zero-order valence-electron chi connectivity index (χ0n) is 11.7. The van der Waals surface area contributed by atoms with E-state index in [2.05, 4.69) is 9.47 Å². The summed E-state index contributed by atoms with van der Waals surface area (Å²) in [6.45, 7) is 0.789. The molecule has 2 saturated heterocycles. The molecule has 2 nitrogen and oxygen atoms in total. The average Bonchev–Trinajstić information content (AvgIpc) is 2.64. The standard InChI is InChI=1S/C13H9ClF8O2/c1-9-2-3(14)4(5-7(9)12(19,20)23-10(5,15)16)6-8(9)13(21,22)24-11(6,17)18/h2,4-8H,1H3. The molecule has 2 bridgehead atoms. The minimum absolute atomic E-state index is 0.582. The topological polar surface area (TPSA) is 18.5 Å². The summed E-state index contributed by atoms with van der Waals surface area (Å²) in [5.74, 6) is -11.9. The van der Waals surface area contributed by atoms with E-state index in [0.29, 0.717) is 0 Å². The summed E-state index contributed by atoms with van der Waals surface area (Å²) in [5, 5.41) is -0.582. The third-order valence-electron chi connectivity index (χ3n) is 5.64. The first kappa shape index (κ1) is 16.8. The number of rotatable bonds is 0. The van der Waals surface area contributed by atoms with Crippen LogP contribution in [0.4, 0.5) is 35.1 Å². The zero-order chi connectivity index (χ0) is 18.1. The maximum atomic E-state index is 14.1. The minimum atomic E-state index is -4.49. The minimum Gasteiger partial charge on any atom is -0.255 e. The van der Waals surface area contributed by atoms with Crippen molar-refractivity contribution in [2.24, 2.45) is 35.0 Å². The Morgan fingerprint density at radius 2 is 1.17 bits per heavy atom. The van der Waals surface area contributed by atoms with Gasteiger partial charge in [0, 0.05) is 16.4 Å². The summed E-state index contributed by atoms with van der Waals surface area (Å²) in [6, 6.07) is 0. The molecular weight excluding hydrogens is 376 g/mol. The van der Waals surface area contributed by atoms with Gasteiger partial charge in [0.25, 0.3) is 0 Å². The lowest BCUT2D eigenvalue weighted by Crippen LogP contribution is -2.62. The van der Waals surface area contributed by atoms with E-state index in [1.807, 2.05) is 0 Å². The van der Waals surface area contributed by atoms with Crippen molar-refractivity contribution in [3.05, 3.63) is 11.1 Å². The summed E-state index contributed by atoms with van der Waals surface area (Å²) < 4.78 is 119. The first-order chi connectivity index (χ1) is 10.7. The van der Waals surface area contributed by atoms with Gasteiger partial charge in [-0.25, -0.2) is 0 Å². The van der Waals surface area contributed by atoms with E-state index >= 15 is 0 Å². The molecule has 1 saturated carbocycles. The summed E-state index contributed by atoms with van der Waals surface area (Å²) in [4.78, 5) is 0. The Bertz CT molecular complexity index is 606. The Hall–Kier alpha value is -0.610. The Kier molecular flexibility index (Phi) is 2.83. The highest BCUT2D eigenvalue weighted by Crippen LogP contribution is 2.77. The summed E-state index contributed by atoms with van der Waals surface area (Å²) >= 11 is 5.77. The van der Waals surface area contributed by atoms with Gasteiger partial charge in [0.05, 0.1) is 23.7 Å². The lowest BCUT2D eigenvalue weighted by molar-refractivity contribution is -0.355. The second kappa shape index (κ2) is 4.03. The van der Waals surface area contributed by atoms with Crippen molar-refractivity contribution in [3.8, 4) is 0 Å². The smallest absolute Gasteiger partial charge is 0.255 e. The monoisotopic (exact) mass is 384 g/mol. The SMILES string of the molecule is CC12C=C(Cl)C(C3C1C(F)(F)OC3(F)F)C1C2C(F)(F)OC1(F)F. The third kappa shape index (κ3) is 1.70. The van der Waals surface area contributed by atoms with Crippen LogP contribution in [0, 0.1) is 35.0 Å². The van der Waals surface area contributed by atoms with Gasteiger partial charge in [-0.2, -0.15) is 35.1 Å². The fraction of sp³-hybridized carbons (Fsp3) is 0.846. The molecule has 0 aromatic carbocycles. The van der Waals surface area contributed by atoms with E-state index in [0.717, 1.165) is 13.0 Å². The number of halogens is 9. The Morgan fingerprint density at radius 3 is 1.54 bits per heavy atom. The largest absolute Gasteiger partial charge is 0.364 e. The quantitative estimate of drug-likeness (QED) is 0.566. The summed E-state index contributed by atoms with van der Waals surface area (Å²) in [5.41, 5.74) is -2.46. The van der Waals surface area contributed by atoms with Gasteiger partial charge in [-0.05, 0) is 0 Å². The Morgan fingerprint density at radius 1 is 0.792 bits per heavy atom. The number of alkyl halides is 8. The maximum Gasteiger partial charge on any atom is 0.364 e. The molecule has 136 valence electrons. The van der Waals surface area contributed by atoms with Crippen LogP contribution in [0.2, 0.25) is 0 Å². The van der Waals surface area contributed by atoms with E-state index in [1.54, 1.807) is 0 Å². The Balaban J connectivity index is 1.99. The molecule has 4 unspecified atom stereocenters. The molecule has 2 aliphatic heterocycles. The van der Waals surface area contributed by atoms with Crippen molar-refractivity contribution in [2.75, 3.05) is 0 Å². The molecule has 5 rings (SSSR count). The van der Waals surface area contributed by atoms with Crippen molar-refractivity contribution in [3.63, 3.8) is 0 Å². The van der Waals surface area contributed by atoms with Crippen LogP contribution in [-0.4, -0.2) is 24.4 Å². The molecule has 11 heteroatoms. The van der Waals surface area contributed by atoms with E-state index in [1.165, 1.54) is 0 Å². The molecule has 0 aromatic heterocycles. The van der Waals surface area contributed by atoms with Gasteiger partial charge in [0.1, 0.15) is 0 Å². The molecule has 0 spiro atoms. The van der Waals surface area contributed by atoms with Crippen molar-refractivity contribution < 1.29 is 44.6 Å². The fourth-order valence-corrected chi connectivity index (χ4v) is 5.60. The molecule has 2 heterocycles. The first-order valence-electron chi connectivity index (χ1n) is 6.95. The summed E-state index contributed by atoms with van der Waals surface area (Å²) in [6.07, 6.45) is -17.2. The van der Waals surface area contributed by atoms with E-state index in [-0.39, 0.29) is 0 Å². The zero-order valence-corrected chi connectivity index (χ0v) is 12.4. The van der Waals surface area contributed by atoms with Gasteiger partial charge < -0.3 is 0 Å². The van der Waals surface area contributed by atoms with Crippen LogP contribution in [0.15, 0.2) is 11.1 Å². The van der Waals surface area contributed by atoms with Gasteiger partial charge in [-0.3, -0.25) is 9.47 Å². The van der Waals surface area contributed by atoms with Gasteiger partial charge in [-0.1, -0.05) is 24.6 Å². The fourth-order valence-electron chi connectivity index (χ4n) is 5.10. The van der Waals surface area contributed by atoms with E-state index in [9.17, 15) is 35.1 Å². The predicted molar refractivity (Wildman–Crippen MR) is 61.5 cm³/mol. The second-order valence-corrected chi connectivity index (χ2v) is 7.32. The molecule has 0 amide bonds. The summed E-state index contributed by atoms with van der Waals surface area (Å²) in [7, 11) is 0. The second-order valence-electron chi connectivity index (χ2n) is 6.88. The maximum absolute atomic E-state index is 14.1. The molecular formula is C13H9ClF8O2. The van der Waals surface area contributed by atoms with Crippen molar-refractivity contribution in [2.45, 2.75) is 31.4 Å². The van der Waals surface area contributed by atoms with Crippen molar-refractivity contribution >= 4 is 11.6 Å². The molecule has 5 aliphatic rings. The number of ether oxygens (including phenoxy) is 2. The van der Waals surface area contributed by atoms with Crippen LogP contribution >= 0.6 is 11.6 Å². The van der Waals surface area contributed by atoms with Crippen LogP contribution in [-0.2, 0) is 9.47 Å². The van der Waals surface area contributed by atoms with Gasteiger partial charge in [0.2, 0.25) is 0 Å². The Labute approximate surface area is 134 Å². The highest BCUT2D eigenvalue weighted by Gasteiger charge is 2.86. The molecule has 3 aliphatic carbocycles. The highest BCUT2D eigenvalue weighted by molar-refractivity contribution is 6.30. The van der Waals surface area contributed by atoms with Gasteiger partial charge >= 0.3 is 24.4 Å². The lowest BCUT2D eigenvalue weighted by Gasteiger charge is -2.56. The number of hydrogen-bond donors (Lipinski definition) is 0. The van der Waals surface area contributed by atoms with Crippen molar-refractivity contribution in [1.82, 2.24) is 0 Å². The molecule has 4 atom stereocenters. The normalized spacial score (nSPS) is 51.9. The van der Waals surface area contributed by atoms with Crippen LogP contribution in [0.3, 0.4) is 0 Å². The first-order valence-corrected chi connectivity index (χ1v) is 7.33. The highest BCUT2D eigenvalue weighted by atomic mass is 35.5.